The van der Waals surface area contributed by atoms with Crippen molar-refractivity contribution in [3.05, 3.63) is 23.8 Å². The molecule has 38 heavy (non-hydrogen) atoms. The Labute approximate surface area is 220 Å². The van der Waals surface area contributed by atoms with Crippen molar-refractivity contribution >= 4 is 0 Å². The smallest absolute Gasteiger partial charge is 0.189 e. The standard InChI is InChI=1S/C25H39NO12/c1-34-14-4-3-12(9-15(14)35-2)5-7-26-22-18(29)13-6-8-36-23(17(13)25(22,33)11-28)38-24-21(32)20(31)19(30)16(10-27)37-24/h3-4,9,13,16-24,26-33H,5-8,10-11H2,1-2H3/t13-,16-,17-,18+,19-,20+,21-,22-,23+,24+,25-/m1/s1. The topological polar surface area (TPSA) is 200 Å². The van der Waals surface area contributed by atoms with Gasteiger partial charge in [0.05, 0.1) is 46.2 Å². The van der Waals surface area contributed by atoms with E-state index in [1.54, 1.807) is 20.3 Å². The Morgan fingerprint density at radius 1 is 0.974 bits per heavy atom. The molecule has 2 aliphatic heterocycles. The molecule has 3 fully saturated rings. The van der Waals surface area contributed by atoms with Gasteiger partial charge in [-0.15, -0.1) is 0 Å². The van der Waals surface area contributed by atoms with Crippen LogP contribution in [0.4, 0.5) is 0 Å². The average molecular weight is 546 g/mol. The summed E-state index contributed by atoms with van der Waals surface area (Å²) in [6.07, 6.45) is -8.91. The van der Waals surface area contributed by atoms with Gasteiger partial charge in [0.15, 0.2) is 24.1 Å². The molecule has 0 unspecified atom stereocenters. The lowest BCUT2D eigenvalue weighted by Crippen LogP contribution is -2.62. The molecule has 11 atom stereocenters. The maximum atomic E-state index is 11.6. The highest BCUT2D eigenvalue weighted by Gasteiger charge is 2.64. The number of methoxy groups -OCH3 is 2. The van der Waals surface area contributed by atoms with Crippen molar-refractivity contribution in [1.82, 2.24) is 5.32 Å². The van der Waals surface area contributed by atoms with Crippen LogP contribution in [-0.4, -0.2) is 131 Å². The molecule has 0 radical (unpaired) electrons. The van der Waals surface area contributed by atoms with Gasteiger partial charge in [-0.05, 0) is 43.0 Å². The minimum atomic E-state index is -1.86. The second kappa shape index (κ2) is 12.3. The van der Waals surface area contributed by atoms with Gasteiger partial charge in [-0.3, -0.25) is 0 Å². The largest absolute Gasteiger partial charge is 0.493 e. The number of fused-ring (bicyclic) bond motifs is 1. The molecule has 2 saturated heterocycles. The number of aliphatic hydroxyl groups is 7. The van der Waals surface area contributed by atoms with Crippen LogP contribution in [0.25, 0.3) is 0 Å². The first-order chi connectivity index (χ1) is 18.2. The first-order valence-electron chi connectivity index (χ1n) is 12.7. The van der Waals surface area contributed by atoms with E-state index in [1.165, 1.54) is 0 Å². The number of rotatable bonds is 10. The van der Waals surface area contributed by atoms with Gasteiger partial charge in [0.2, 0.25) is 0 Å². The fourth-order valence-electron chi connectivity index (χ4n) is 5.89. The van der Waals surface area contributed by atoms with E-state index >= 15 is 0 Å². The second-order valence-electron chi connectivity index (χ2n) is 10.1. The summed E-state index contributed by atoms with van der Waals surface area (Å²) in [5, 5.41) is 76.3. The highest BCUT2D eigenvalue weighted by Crippen LogP contribution is 2.48. The van der Waals surface area contributed by atoms with Crippen molar-refractivity contribution in [3.63, 3.8) is 0 Å². The maximum absolute atomic E-state index is 11.6. The Morgan fingerprint density at radius 3 is 2.37 bits per heavy atom. The Kier molecular flexibility index (Phi) is 9.48. The molecule has 2 heterocycles. The van der Waals surface area contributed by atoms with E-state index in [0.717, 1.165) is 5.56 Å². The van der Waals surface area contributed by atoms with Crippen LogP contribution in [0.3, 0.4) is 0 Å². The second-order valence-corrected chi connectivity index (χ2v) is 10.1. The van der Waals surface area contributed by atoms with Gasteiger partial charge in [-0.25, -0.2) is 0 Å². The van der Waals surface area contributed by atoms with Crippen molar-refractivity contribution in [2.75, 3.05) is 40.6 Å². The molecule has 13 nitrogen and oxygen atoms in total. The summed E-state index contributed by atoms with van der Waals surface area (Å²) in [5.41, 5.74) is -0.930. The van der Waals surface area contributed by atoms with Crippen LogP contribution in [0.2, 0.25) is 0 Å². The molecule has 1 aromatic rings. The van der Waals surface area contributed by atoms with Gasteiger partial charge in [-0.1, -0.05) is 6.07 Å². The first kappa shape index (κ1) is 29.4. The van der Waals surface area contributed by atoms with E-state index in [4.69, 9.17) is 23.7 Å². The van der Waals surface area contributed by atoms with Crippen LogP contribution < -0.4 is 14.8 Å². The van der Waals surface area contributed by atoms with E-state index in [9.17, 15) is 35.7 Å². The zero-order chi connectivity index (χ0) is 27.6. The van der Waals surface area contributed by atoms with E-state index < -0.39 is 79.8 Å². The van der Waals surface area contributed by atoms with E-state index in [1.807, 2.05) is 12.1 Å². The molecule has 0 amide bonds. The summed E-state index contributed by atoms with van der Waals surface area (Å²) >= 11 is 0. The Bertz CT molecular complexity index is 920. The molecule has 1 aromatic carbocycles. The van der Waals surface area contributed by atoms with Gasteiger partial charge >= 0.3 is 0 Å². The zero-order valence-electron chi connectivity index (χ0n) is 21.4. The van der Waals surface area contributed by atoms with Crippen LogP contribution in [0.5, 0.6) is 11.5 Å². The molecule has 1 aliphatic carbocycles. The summed E-state index contributed by atoms with van der Waals surface area (Å²) in [6, 6.07) is 4.58. The Balaban J connectivity index is 1.47. The minimum absolute atomic E-state index is 0.167. The first-order valence-corrected chi connectivity index (χ1v) is 12.7. The summed E-state index contributed by atoms with van der Waals surface area (Å²) in [6.45, 7) is -0.816. The van der Waals surface area contributed by atoms with Crippen molar-refractivity contribution in [2.24, 2.45) is 11.8 Å². The quantitative estimate of drug-likeness (QED) is 0.149. The Morgan fingerprint density at radius 2 is 1.71 bits per heavy atom. The van der Waals surface area contributed by atoms with Crippen LogP contribution in [-0.2, 0) is 20.6 Å². The van der Waals surface area contributed by atoms with Crippen molar-refractivity contribution in [2.45, 2.75) is 67.6 Å². The predicted octanol–water partition coefficient (Wildman–Crippen LogP) is -2.90. The monoisotopic (exact) mass is 545 g/mol. The van der Waals surface area contributed by atoms with Crippen molar-refractivity contribution in [3.8, 4) is 11.5 Å². The number of aliphatic hydroxyl groups excluding tert-OH is 6. The van der Waals surface area contributed by atoms with E-state index in [2.05, 4.69) is 5.32 Å². The van der Waals surface area contributed by atoms with Crippen LogP contribution in [0, 0.1) is 11.8 Å². The number of ether oxygens (including phenoxy) is 5. The fraction of sp³-hybridized carbons (Fsp3) is 0.760. The van der Waals surface area contributed by atoms with Gasteiger partial charge in [0.25, 0.3) is 0 Å². The van der Waals surface area contributed by atoms with Gasteiger partial charge in [0, 0.05) is 5.92 Å². The summed E-state index contributed by atoms with van der Waals surface area (Å²) in [5.74, 6) is -0.259. The van der Waals surface area contributed by atoms with E-state index in [-0.39, 0.29) is 6.61 Å². The minimum Gasteiger partial charge on any atom is -0.493 e. The van der Waals surface area contributed by atoms with Crippen LogP contribution in [0.1, 0.15) is 12.0 Å². The third kappa shape index (κ3) is 5.38. The lowest BCUT2D eigenvalue weighted by molar-refractivity contribution is -0.359. The summed E-state index contributed by atoms with van der Waals surface area (Å²) in [7, 11) is 3.09. The van der Waals surface area contributed by atoms with Crippen molar-refractivity contribution in [1.29, 1.82) is 0 Å². The summed E-state index contributed by atoms with van der Waals surface area (Å²) in [4.78, 5) is 0. The fourth-order valence-corrected chi connectivity index (χ4v) is 5.89. The molecule has 1 saturated carbocycles. The molecular weight excluding hydrogens is 506 g/mol. The average Bonchev–Trinajstić information content (AvgIpc) is 3.16. The lowest BCUT2D eigenvalue weighted by atomic mass is 9.81. The molecule has 0 bridgehead atoms. The normalized spacial score (nSPS) is 41.1. The van der Waals surface area contributed by atoms with E-state index in [0.29, 0.717) is 30.9 Å². The molecule has 0 spiro atoms. The highest BCUT2D eigenvalue weighted by molar-refractivity contribution is 5.43. The number of benzene rings is 1. The summed E-state index contributed by atoms with van der Waals surface area (Å²) < 4.78 is 27.6. The molecule has 4 rings (SSSR count). The maximum Gasteiger partial charge on any atom is 0.189 e. The SMILES string of the molecule is COc1ccc(CCN[C@@H]2[C@@H](O)[C@@H]3CCO[C@@H](O[C@@H]4O[C@H](CO)[C@@H](O)[C@H](O)[C@H]4O)[C@@H]3[C@]2(O)CO)cc1OC. The molecule has 8 N–H and O–H groups in total. The third-order valence-electron chi connectivity index (χ3n) is 7.98. The lowest BCUT2D eigenvalue weighted by Gasteiger charge is -2.45. The highest BCUT2D eigenvalue weighted by atomic mass is 16.8. The Hall–Kier alpha value is -1.62. The number of hydrogen-bond donors (Lipinski definition) is 8. The number of hydrogen-bond acceptors (Lipinski definition) is 13. The van der Waals surface area contributed by atoms with Gasteiger partial charge in [0.1, 0.15) is 30.0 Å². The predicted molar refractivity (Wildman–Crippen MR) is 129 cm³/mol. The number of nitrogens with one attached hydrogen (secondary N) is 1. The van der Waals surface area contributed by atoms with Crippen LogP contribution in [0.15, 0.2) is 18.2 Å². The molecule has 0 aromatic heterocycles. The van der Waals surface area contributed by atoms with Crippen molar-refractivity contribution < 1.29 is 59.4 Å². The third-order valence-corrected chi connectivity index (χ3v) is 7.98. The molecular formula is C25H39NO12. The molecule has 216 valence electrons. The zero-order valence-corrected chi connectivity index (χ0v) is 21.4. The van der Waals surface area contributed by atoms with Crippen LogP contribution >= 0.6 is 0 Å². The van der Waals surface area contributed by atoms with Gasteiger partial charge < -0.3 is 64.7 Å². The van der Waals surface area contributed by atoms with Gasteiger partial charge in [-0.2, -0.15) is 0 Å². The molecule has 3 aliphatic rings. The molecule has 13 heteroatoms.